The average molecular weight is 340 g/mol. The van der Waals surface area contributed by atoms with E-state index in [1.54, 1.807) is 31.4 Å². The summed E-state index contributed by atoms with van der Waals surface area (Å²) in [6.07, 6.45) is 2.38. The highest BCUT2D eigenvalue weighted by Crippen LogP contribution is 2.10. The Morgan fingerprint density at radius 2 is 2.17 bits per heavy atom. The van der Waals surface area contributed by atoms with Crippen molar-refractivity contribution in [3.05, 3.63) is 69.0 Å². The monoisotopic (exact) mass is 340 g/mol. The molecule has 0 radical (unpaired) electrons. The first-order chi connectivity index (χ1) is 11.6. The van der Waals surface area contributed by atoms with E-state index in [2.05, 4.69) is 15.3 Å². The highest BCUT2D eigenvalue weighted by atomic mass is 32.1. The van der Waals surface area contributed by atoms with E-state index in [-0.39, 0.29) is 11.5 Å². The Labute approximate surface area is 143 Å². The molecule has 122 valence electrons. The average Bonchev–Trinajstić information content (AvgIpc) is 2.60. The second kappa shape index (κ2) is 6.76. The molecule has 1 amide bonds. The highest BCUT2D eigenvalue weighted by Gasteiger charge is 2.09. The van der Waals surface area contributed by atoms with E-state index in [9.17, 15) is 9.59 Å². The summed E-state index contributed by atoms with van der Waals surface area (Å²) in [5.74, 6) is -0.201. The van der Waals surface area contributed by atoms with E-state index in [1.165, 1.54) is 4.57 Å². The molecule has 0 aliphatic heterocycles. The van der Waals surface area contributed by atoms with Gasteiger partial charge in [-0.3, -0.25) is 19.1 Å². The van der Waals surface area contributed by atoms with Crippen LogP contribution in [0.3, 0.4) is 0 Å². The van der Waals surface area contributed by atoms with Gasteiger partial charge in [-0.1, -0.05) is 6.07 Å². The molecule has 0 unspecified atom stereocenters. The summed E-state index contributed by atoms with van der Waals surface area (Å²) in [5, 5.41) is 3.35. The predicted molar refractivity (Wildman–Crippen MR) is 94.6 cm³/mol. The zero-order valence-electron chi connectivity index (χ0n) is 13.1. The topological polar surface area (TPSA) is 79.8 Å². The molecular weight excluding hydrogens is 324 g/mol. The van der Waals surface area contributed by atoms with Gasteiger partial charge in [0.15, 0.2) is 4.77 Å². The minimum atomic E-state index is -0.201. The van der Waals surface area contributed by atoms with Gasteiger partial charge >= 0.3 is 0 Å². The first-order valence-electron chi connectivity index (χ1n) is 7.47. The summed E-state index contributed by atoms with van der Waals surface area (Å²) in [5.41, 5.74) is 1.77. The normalized spacial score (nSPS) is 10.7. The first kappa shape index (κ1) is 16.1. The molecule has 24 heavy (non-hydrogen) atoms. The number of pyridine rings is 1. The van der Waals surface area contributed by atoms with Gasteiger partial charge in [0.2, 0.25) is 0 Å². The number of amides is 1. The van der Waals surface area contributed by atoms with E-state index in [0.29, 0.717) is 34.2 Å². The van der Waals surface area contributed by atoms with Gasteiger partial charge in [0.05, 0.1) is 10.9 Å². The summed E-state index contributed by atoms with van der Waals surface area (Å²) < 4.78 is 1.68. The van der Waals surface area contributed by atoms with Crippen LogP contribution in [0.25, 0.3) is 10.9 Å². The number of hydrogen-bond donors (Lipinski definition) is 2. The lowest BCUT2D eigenvalue weighted by molar-refractivity contribution is 0.0954. The van der Waals surface area contributed by atoms with E-state index in [4.69, 9.17) is 12.2 Å². The second-order valence-corrected chi connectivity index (χ2v) is 5.77. The number of H-pyrrole nitrogens is 1. The van der Waals surface area contributed by atoms with Crippen LogP contribution in [-0.2, 0) is 13.5 Å². The third-order valence-corrected chi connectivity index (χ3v) is 4.13. The quantitative estimate of drug-likeness (QED) is 0.712. The van der Waals surface area contributed by atoms with Gasteiger partial charge in [-0.2, -0.15) is 0 Å². The molecule has 3 rings (SSSR count). The molecule has 2 N–H and O–H groups in total. The molecule has 6 nitrogen and oxygen atoms in total. The number of carbonyl (C=O) groups excluding carboxylic acids is 1. The van der Waals surface area contributed by atoms with Crippen LogP contribution in [0.2, 0.25) is 0 Å². The Kier molecular flexibility index (Phi) is 4.52. The van der Waals surface area contributed by atoms with Crippen molar-refractivity contribution < 1.29 is 4.79 Å². The Morgan fingerprint density at radius 1 is 1.33 bits per heavy atom. The fraction of sp³-hybridized carbons (Fsp3) is 0.176. The lowest BCUT2D eigenvalue weighted by atomic mass is 10.1. The molecule has 7 heteroatoms. The standard InChI is InChI=1S/C17H16N4O2S/c1-21-16(23)13-6-5-11(10-14(13)20-17(21)24)15(22)19-9-7-12-4-2-3-8-18-12/h2-6,8,10H,7,9H2,1H3,(H,19,22)(H,20,24). The number of carbonyl (C=O) groups is 1. The number of benzene rings is 1. The van der Waals surface area contributed by atoms with Crippen LogP contribution in [0.4, 0.5) is 0 Å². The van der Waals surface area contributed by atoms with Crippen molar-refractivity contribution in [3.63, 3.8) is 0 Å². The largest absolute Gasteiger partial charge is 0.352 e. The molecule has 2 heterocycles. The predicted octanol–water partition coefficient (Wildman–Crippen LogP) is 1.96. The molecule has 0 aliphatic rings. The van der Waals surface area contributed by atoms with Gasteiger partial charge in [0, 0.05) is 37.5 Å². The maximum absolute atomic E-state index is 12.3. The Bertz CT molecular complexity index is 1010. The maximum Gasteiger partial charge on any atom is 0.261 e. The molecular formula is C17H16N4O2S. The van der Waals surface area contributed by atoms with Gasteiger partial charge in [0.1, 0.15) is 0 Å². The third-order valence-electron chi connectivity index (χ3n) is 3.76. The number of nitrogens with one attached hydrogen (secondary N) is 2. The third kappa shape index (κ3) is 3.26. The maximum atomic E-state index is 12.3. The zero-order valence-corrected chi connectivity index (χ0v) is 13.9. The Morgan fingerprint density at radius 3 is 2.92 bits per heavy atom. The summed E-state index contributed by atoms with van der Waals surface area (Å²) in [6, 6.07) is 10.6. The van der Waals surface area contributed by atoms with Crippen LogP contribution in [0, 0.1) is 4.77 Å². The minimum Gasteiger partial charge on any atom is -0.352 e. The van der Waals surface area contributed by atoms with Crippen molar-refractivity contribution in [1.29, 1.82) is 0 Å². The summed E-state index contributed by atoms with van der Waals surface area (Å²) in [6.45, 7) is 0.487. The summed E-state index contributed by atoms with van der Waals surface area (Å²) in [4.78, 5) is 31.6. The summed E-state index contributed by atoms with van der Waals surface area (Å²) >= 11 is 5.10. The molecule has 1 aromatic carbocycles. The van der Waals surface area contributed by atoms with Crippen molar-refractivity contribution in [1.82, 2.24) is 19.9 Å². The first-order valence-corrected chi connectivity index (χ1v) is 7.88. The number of aromatic nitrogens is 3. The van der Waals surface area contributed by atoms with Gasteiger partial charge in [-0.25, -0.2) is 0 Å². The summed E-state index contributed by atoms with van der Waals surface area (Å²) in [7, 11) is 1.61. The SMILES string of the molecule is Cn1c(=S)[nH]c2cc(C(=O)NCCc3ccccn3)ccc2c1=O. The lowest BCUT2D eigenvalue weighted by Gasteiger charge is -2.07. The van der Waals surface area contributed by atoms with Crippen LogP contribution in [0.15, 0.2) is 47.4 Å². The molecule has 0 aliphatic carbocycles. The second-order valence-electron chi connectivity index (χ2n) is 5.38. The van der Waals surface area contributed by atoms with Crippen molar-refractivity contribution >= 4 is 29.0 Å². The van der Waals surface area contributed by atoms with Gasteiger partial charge in [-0.15, -0.1) is 0 Å². The fourth-order valence-electron chi connectivity index (χ4n) is 2.40. The van der Waals surface area contributed by atoms with Crippen LogP contribution < -0.4 is 10.9 Å². The number of fused-ring (bicyclic) bond motifs is 1. The number of rotatable bonds is 4. The molecule has 0 bridgehead atoms. The van der Waals surface area contributed by atoms with Gasteiger partial charge in [-0.05, 0) is 42.5 Å². The number of hydrogen-bond acceptors (Lipinski definition) is 4. The molecule has 0 fully saturated rings. The van der Waals surface area contributed by atoms with E-state index >= 15 is 0 Å². The molecule has 3 aromatic rings. The Hall–Kier alpha value is -2.80. The van der Waals surface area contributed by atoms with Crippen molar-refractivity contribution in [2.45, 2.75) is 6.42 Å². The van der Waals surface area contributed by atoms with Crippen molar-refractivity contribution in [2.24, 2.45) is 7.05 Å². The molecule has 0 saturated heterocycles. The number of nitrogens with zero attached hydrogens (tertiary/aromatic N) is 2. The van der Waals surface area contributed by atoms with Gasteiger partial charge in [0.25, 0.3) is 11.5 Å². The zero-order chi connectivity index (χ0) is 17.1. The highest BCUT2D eigenvalue weighted by molar-refractivity contribution is 7.71. The van der Waals surface area contributed by atoms with E-state index in [0.717, 1.165) is 5.69 Å². The van der Waals surface area contributed by atoms with Crippen LogP contribution >= 0.6 is 12.2 Å². The van der Waals surface area contributed by atoms with E-state index in [1.807, 2.05) is 18.2 Å². The van der Waals surface area contributed by atoms with Crippen LogP contribution in [0.1, 0.15) is 16.1 Å². The van der Waals surface area contributed by atoms with Crippen molar-refractivity contribution in [3.8, 4) is 0 Å². The number of aromatic amines is 1. The van der Waals surface area contributed by atoms with Crippen LogP contribution in [-0.4, -0.2) is 27.0 Å². The van der Waals surface area contributed by atoms with Gasteiger partial charge < -0.3 is 10.3 Å². The molecule has 2 aromatic heterocycles. The fourth-order valence-corrected chi connectivity index (χ4v) is 2.59. The molecule has 0 atom stereocenters. The Balaban J connectivity index is 1.77. The molecule has 0 saturated carbocycles. The molecule has 0 spiro atoms. The lowest BCUT2D eigenvalue weighted by Crippen LogP contribution is -2.26. The van der Waals surface area contributed by atoms with E-state index < -0.39 is 0 Å². The van der Waals surface area contributed by atoms with Crippen LogP contribution in [0.5, 0.6) is 0 Å². The minimum absolute atomic E-state index is 0.184. The van der Waals surface area contributed by atoms with Crippen molar-refractivity contribution in [2.75, 3.05) is 6.54 Å². The smallest absolute Gasteiger partial charge is 0.261 e.